The van der Waals surface area contributed by atoms with E-state index in [0.29, 0.717) is 218 Å². The van der Waals surface area contributed by atoms with Crippen molar-refractivity contribution in [1.29, 1.82) is 0 Å². The van der Waals surface area contributed by atoms with Gasteiger partial charge in [-0.15, -0.1) is 6.42 Å². The summed E-state index contributed by atoms with van der Waals surface area (Å²) in [4.78, 5) is 10.3. The summed E-state index contributed by atoms with van der Waals surface area (Å²) in [6.07, 6.45) is 5.08. The average molecular weight is 833 g/mol. The van der Waals surface area contributed by atoms with E-state index in [1.54, 1.807) is 0 Å². The minimum atomic E-state index is -0.878. The third-order valence-corrected chi connectivity index (χ3v) is 6.60. The van der Waals surface area contributed by atoms with Crippen LogP contribution in [0, 0.1) is 12.3 Å². The normalized spacial score (nSPS) is 11.4. The fourth-order valence-electron chi connectivity index (χ4n) is 3.81. The molecular formula is C38H72O19. The number of ether oxygens (including phenoxy) is 17. The summed E-state index contributed by atoms with van der Waals surface area (Å²) in [5.41, 5.74) is 0. The zero-order chi connectivity index (χ0) is 41.1. The lowest BCUT2D eigenvalue weighted by Crippen LogP contribution is -2.16. The predicted molar refractivity (Wildman–Crippen MR) is 205 cm³/mol. The SMILES string of the molecule is C#CCOCCOCCOCCOCCOCCOCCOCCOCCOCCOCCOCCOCCOCCOCCOCCOCCOCCC(=O)O. The molecule has 57 heavy (non-hydrogen) atoms. The first-order valence-electron chi connectivity index (χ1n) is 19.7. The Morgan fingerprint density at radius 2 is 0.421 bits per heavy atom. The lowest BCUT2D eigenvalue weighted by Gasteiger charge is -2.09. The van der Waals surface area contributed by atoms with Crippen molar-refractivity contribution in [1.82, 2.24) is 0 Å². The lowest BCUT2D eigenvalue weighted by molar-refractivity contribution is -0.138. The Morgan fingerprint density at radius 3 is 0.561 bits per heavy atom. The first-order chi connectivity index (χ1) is 28.3. The molecular weight excluding hydrogens is 760 g/mol. The maximum absolute atomic E-state index is 10.3. The molecule has 0 aliphatic carbocycles. The average Bonchev–Trinajstić information content (AvgIpc) is 3.21. The van der Waals surface area contributed by atoms with E-state index in [4.69, 9.17) is 92.1 Å². The molecule has 1 N–H and O–H groups in total. The van der Waals surface area contributed by atoms with Gasteiger partial charge < -0.3 is 85.6 Å². The van der Waals surface area contributed by atoms with E-state index in [-0.39, 0.29) is 13.0 Å². The zero-order valence-corrected chi connectivity index (χ0v) is 34.1. The van der Waals surface area contributed by atoms with Gasteiger partial charge in [-0.2, -0.15) is 0 Å². The summed E-state index contributed by atoms with van der Waals surface area (Å²) in [5.74, 6) is 1.52. The van der Waals surface area contributed by atoms with Gasteiger partial charge in [0.2, 0.25) is 0 Å². The van der Waals surface area contributed by atoms with Crippen LogP contribution < -0.4 is 0 Å². The van der Waals surface area contributed by atoms with Crippen molar-refractivity contribution < 1.29 is 90.4 Å². The number of carbonyl (C=O) groups is 1. The minimum Gasteiger partial charge on any atom is -0.481 e. The molecule has 0 unspecified atom stereocenters. The first kappa shape index (κ1) is 55.4. The van der Waals surface area contributed by atoms with Crippen LogP contribution >= 0.6 is 0 Å². The molecule has 0 aromatic heterocycles. The highest BCUT2D eigenvalue weighted by molar-refractivity contribution is 5.66. The van der Waals surface area contributed by atoms with E-state index in [9.17, 15) is 4.79 Å². The van der Waals surface area contributed by atoms with Gasteiger partial charge in [-0.3, -0.25) is 4.79 Å². The number of carboxylic acids is 1. The Morgan fingerprint density at radius 1 is 0.281 bits per heavy atom. The van der Waals surface area contributed by atoms with Crippen molar-refractivity contribution in [2.24, 2.45) is 0 Å². The molecule has 0 amide bonds. The monoisotopic (exact) mass is 832 g/mol. The molecule has 0 saturated heterocycles. The molecule has 0 radical (unpaired) electrons. The van der Waals surface area contributed by atoms with Crippen LogP contribution in [0.2, 0.25) is 0 Å². The highest BCUT2D eigenvalue weighted by Crippen LogP contribution is 1.89. The fourth-order valence-corrected chi connectivity index (χ4v) is 3.81. The maximum Gasteiger partial charge on any atom is 0.305 e. The Balaban J connectivity index is 3.06. The molecule has 0 spiro atoms. The van der Waals surface area contributed by atoms with Crippen molar-refractivity contribution >= 4 is 5.97 Å². The van der Waals surface area contributed by atoms with Crippen molar-refractivity contribution in [3.63, 3.8) is 0 Å². The predicted octanol–water partition coefficient (Wildman–Crippen LogP) is 0.377. The van der Waals surface area contributed by atoms with Gasteiger partial charge in [0, 0.05) is 0 Å². The van der Waals surface area contributed by atoms with Crippen LogP contribution in [-0.4, -0.2) is 236 Å². The van der Waals surface area contributed by atoms with Crippen LogP contribution in [-0.2, 0) is 85.3 Å². The van der Waals surface area contributed by atoms with Gasteiger partial charge in [0.05, 0.1) is 224 Å². The highest BCUT2D eigenvalue weighted by Gasteiger charge is 1.99. The van der Waals surface area contributed by atoms with E-state index in [0.717, 1.165) is 0 Å². The van der Waals surface area contributed by atoms with Gasteiger partial charge in [-0.05, 0) is 0 Å². The maximum atomic E-state index is 10.3. The van der Waals surface area contributed by atoms with Gasteiger partial charge >= 0.3 is 5.97 Å². The first-order valence-corrected chi connectivity index (χ1v) is 19.7. The minimum absolute atomic E-state index is 0.00684. The molecule has 0 saturated carbocycles. The summed E-state index contributed by atoms with van der Waals surface area (Å²) < 4.78 is 91.9. The second kappa shape index (κ2) is 52.4. The number of hydrogen-bond acceptors (Lipinski definition) is 18. The summed E-state index contributed by atoms with van der Waals surface area (Å²) in [5, 5.41) is 8.50. The van der Waals surface area contributed by atoms with Crippen LogP contribution in [0.5, 0.6) is 0 Å². The molecule has 19 nitrogen and oxygen atoms in total. The molecule has 0 rings (SSSR count). The van der Waals surface area contributed by atoms with Gasteiger partial charge in [-0.1, -0.05) is 5.92 Å². The zero-order valence-electron chi connectivity index (χ0n) is 34.1. The molecule has 338 valence electrons. The molecule has 0 heterocycles. The van der Waals surface area contributed by atoms with E-state index in [1.807, 2.05) is 0 Å². The number of hydrogen-bond donors (Lipinski definition) is 1. The van der Waals surface area contributed by atoms with Gasteiger partial charge in [-0.25, -0.2) is 0 Å². The second-order valence-corrected chi connectivity index (χ2v) is 11.2. The summed E-state index contributed by atoms with van der Waals surface area (Å²) in [6, 6.07) is 0. The van der Waals surface area contributed by atoms with Crippen LogP contribution in [0.15, 0.2) is 0 Å². The van der Waals surface area contributed by atoms with E-state index in [1.165, 1.54) is 0 Å². The molecule has 0 fully saturated rings. The van der Waals surface area contributed by atoms with Crippen molar-refractivity contribution in [2.75, 3.05) is 225 Å². The van der Waals surface area contributed by atoms with Gasteiger partial charge in [0.1, 0.15) is 6.61 Å². The molecule has 0 aromatic rings. The van der Waals surface area contributed by atoms with Crippen LogP contribution in [0.3, 0.4) is 0 Å². The summed E-state index contributed by atoms with van der Waals surface area (Å²) >= 11 is 0. The summed E-state index contributed by atoms with van der Waals surface area (Å²) in [6.45, 7) is 15.8. The molecule has 19 heteroatoms. The van der Waals surface area contributed by atoms with Crippen LogP contribution in [0.25, 0.3) is 0 Å². The Hall–Kier alpha value is -1.65. The van der Waals surface area contributed by atoms with Crippen LogP contribution in [0.4, 0.5) is 0 Å². The quantitative estimate of drug-likeness (QED) is 0.0652. The molecule has 0 aromatic carbocycles. The summed E-state index contributed by atoms with van der Waals surface area (Å²) in [7, 11) is 0. The molecule has 0 aliphatic rings. The Kier molecular flexibility index (Phi) is 50.9. The third kappa shape index (κ3) is 54.4. The van der Waals surface area contributed by atoms with Gasteiger partial charge in [0.25, 0.3) is 0 Å². The number of rotatable bonds is 52. The molecule has 0 bridgehead atoms. The molecule has 0 aliphatic heterocycles. The highest BCUT2D eigenvalue weighted by atomic mass is 16.6. The van der Waals surface area contributed by atoms with Crippen molar-refractivity contribution in [3.05, 3.63) is 0 Å². The smallest absolute Gasteiger partial charge is 0.305 e. The second-order valence-electron chi connectivity index (χ2n) is 11.2. The fraction of sp³-hybridized carbons (Fsp3) is 0.921. The topological polar surface area (TPSA) is 194 Å². The molecule has 0 atom stereocenters. The number of carboxylic acid groups (broad SMARTS) is 1. The Labute approximate surface area is 339 Å². The standard InChI is InChI=1S/C38H72O19/c1-2-4-41-6-8-43-10-12-45-14-16-47-18-20-49-22-24-51-26-28-53-30-32-55-34-36-57-37-35-56-33-31-54-29-27-52-25-23-50-21-19-48-17-15-46-13-11-44-9-7-42-5-3-38(39)40/h1H,3-37H2,(H,39,40). The van der Waals surface area contributed by atoms with E-state index in [2.05, 4.69) is 5.92 Å². The van der Waals surface area contributed by atoms with Crippen molar-refractivity contribution in [2.45, 2.75) is 6.42 Å². The number of terminal acetylenes is 1. The van der Waals surface area contributed by atoms with E-state index >= 15 is 0 Å². The van der Waals surface area contributed by atoms with Crippen molar-refractivity contribution in [3.8, 4) is 12.3 Å². The largest absolute Gasteiger partial charge is 0.481 e. The third-order valence-electron chi connectivity index (χ3n) is 6.60. The lowest BCUT2D eigenvalue weighted by atomic mass is 10.5. The number of aliphatic carboxylic acids is 1. The van der Waals surface area contributed by atoms with Gasteiger partial charge in [0.15, 0.2) is 0 Å². The van der Waals surface area contributed by atoms with Crippen LogP contribution in [0.1, 0.15) is 6.42 Å². The Bertz CT molecular complexity index is 807. The van der Waals surface area contributed by atoms with E-state index < -0.39 is 5.97 Å².